The molecule has 232 valence electrons. The SMILES string of the molecule is COC(=O)C1=C(C)N(c2cccc(C(F)(F)F)c2)c2n[nH]c(=O)n2C1c1ccc(C#N)cc1CC[N+](C)(C)Cc1cccnc1. The highest BCUT2D eigenvalue weighted by Crippen LogP contribution is 2.43. The summed E-state index contributed by atoms with van der Waals surface area (Å²) in [5, 5.41) is 16.3. The van der Waals surface area contributed by atoms with Gasteiger partial charge in [0.1, 0.15) is 12.6 Å². The first-order valence-electron chi connectivity index (χ1n) is 14.0. The molecule has 0 bridgehead atoms. The van der Waals surface area contributed by atoms with Gasteiger partial charge >= 0.3 is 17.8 Å². The number of nitrogens with one attached hydrogen (secondary N) is 1. The van der Waals surface area contributed by atoms with E-state index in [1.165, 1.54) is 28.7 Å². The Kier molecular flexibility index (Phi) is 8.36. The zero-order valence-corrected chi connectivity index (χ0v) is 25.1. The number of methoxy groups -OCH3 is 1. The number of esters is 1. The summed E-state index contributed by atoms with van der Waals surface area (Å²) >= 11 is 0. The highest BCUT2D eigenvalue weighted by Gasteiger charge is 2.41. The number of likely N-dealkylation sites (N-methyl/N-ethyl adjacent to an activating group) is 1. The first-order valence-corrected chi connectivity index (χ1v) is 14.0. The Morgan fingerprint density at radius 1 is 1.16 bits per heavy atom. The number of quaternary nitrogens is 1. The summed E-state index contributed by atoms with van der Waals surface area (Å²) in [7, 11) is 5.33. The van der Waals surface area contributed by atoms with E-state index in [9.17, 15) is 28.0 Å². The highest BCUT2D eigenvalue weighted by atomic mass is 19.4. The number of alkyl halides is 3. The summed E-state index contributed by atoms with van der Waals surface area (Å²) in [5.41, 5.74) is 1.48. The number of carbonyl (C=O) groups is 1. The molecular weight excluding hydrogens is 587 g/mol. The maximum atomic E-state index is 13.7. The van der Waals surface area contributed by atoms with Gasteiger partial charge in [0, 0.05) is 35.8 Å². The van der Waals surface area contributed by atoms with Crippen molar-refractivity contribution in [2.24, 2.45) is 0 Å². The predicted molar refractivity (Wildman–Crippen MR) is 159 cm³/mol. The van der Waals surface area contributed by atoms with Crippen molar-refractivity contribution < 1.29 is 27.2 Å². The van der Waals surface area contributed by atoms with Crippen LogP contribution < -0.4 is 10.6 Å². The van der Waals surface area contributed by atoms with Crippen LogP contribution in [0, 0.1) is 11.3 Å². The van der Waals surface area contributed by atoms with Gasteiger partial charge in [-0.3, -0.25) is 9.88 Å². The fourth-order valence-electron chi connectivity index (χ4n) is 5.73. The number of aromatic amines is 1. The van der Waals surface area contributed by atoms with Crippen molar-refractivity contribution in [1.29, 1.82) is 5.26 Å². The van der Waals surface area contributed by atoms with E-state index in [1.54, 1.807) is 31.3 Å². The summed E-state index contributed by atoms with van der Waals surface area (Å²) in [5.74, 6) is -0.770. The fraction of sp³-hybridized carbons (Fsp3) is 0.281. The number of aromatic nitrogens is 4. The second kappa shape index (κ2) is 12.0. The molecule has 1 aliphatic rings. The second-order valence-corrected chi connectivity index (χ2v) is 11.4. The Bertz CT molecular complexity index is 1870. The normalized spacial score (nSPS) is 15.1. The number of hydrogen-bond donors (Lipinski definition) is 1. The number of pyridine rings is 1. The lowest BCUT2D eigenvalue weighted by Crippen LogP contribution is -2.41. The number of H-pyrrole nitrogens is 1. The molecule has 1 atom stereocenters. The van der Waals surface area contributed by atoms with E-state index in [0.29, 0.717) is 35.1 Å². The molecular formula is C32H31F3N7O3+. The molecule has 13 heteroatoms. The number of halogens is 3. The van der Waals surface area contributed by atoms with Crippen LogP contribution in [0.1, 0.15) is 40.8 Å². The number of carbonyl (C=O) groups excluding carboxylic acids is 1. The van der Waals surface area contributed by atoms with Gasteiger partial charge in [0.05, 0.1) is 50.5 Å². The summed E-state index contributed by atoms with van der Waals surface area (Å²) < 4.78 is 47.9. The van der Waals surface area contributed by atoms with Gasteiger partial charge in [0.25, 0.3) is 0 Å². The van der Waals surface area contributed by atoms with Crippen LogP contribution in [0.2, 0.25) is 0 Å². The lowest BCUT2D eigenvalue weighted by atomic mass is 9.89. The molecule has 45 heavy (non-hydrogen) atoms. The van der Waals surface area contributed by atoms with Crippen LogP contribution in [-0.2, 0) is 28.7 Å². The number of nitrogens with zero attached hydrogens (tertiary/aromatic N) is 6. The van der Waals surface area contributed by atoms with Crippen LogP contribution in [0.25, 0.3) is 0 Å². The maximum Gasteiger partial charge on any atom is 0.416 e. The van der Waals surface area contributed by atoms with Gasteiger partial charge < -0.3 is 9.22 Å². The molecule has 2 aromatic carbocycles. The molecule has 1 aliphatic heterocycles. The van der Waals surface area contributed by atoms with Crippen molar-refractivity contribution >= 4 is 17.6 Å². The van der Waals surface area contributed by atoms with Crippen LogP contribution in [0.5, 0.6) is 0 Å². The Balaban J connectivity index is 1.65. The molecule has 0 spiro atoms. The van der Waals surface area contributed by atoms with Gasteiger partial charge in [-0.1, -0.05) is 18.2 Å². The van der Waals surface area contributed by atoms with Crippen LogP contribution in [0.3, 0.4) is 0 Å². The lowest BCUT2D eigenvalue weighted by molar-refractivity contribution is -0.903. The summed E-state index contributed by atoms with van der Waals surface area (Å²) in [4.78, 5) is 32.4. The minimum absolute atomic E-state index is 0.00234. The Labute approximate surface area is 257 Å². The fourth-order valence-corrected chi connectivity index (χ4v) is 5.73. The molecule has 10 nitrogen and oxygen atoms in total. The van der Waals surface area contributed by atoms with Gasteiger partial charge in [0.15, 0.2) is 0 Å². The standard InChI is InChI=1S/C32H30F3N7O3/c1-20-27(29(43)45-4)28(41-30(38-39-31(41)44)40(20)25-9-5-8-24(16-25)32(33,34)35)26-11-10-21(17-36)15-23(26)12-14-42(2,3)19-22-7-6-13-37-18-22/h5-11,13,15-16,18,28H,12,14,19H2,1-4H3/p+1. The molecule has 3 heterocycles. The molecule has 0 saturated carbocycles. The second-order valence-electron chi connectivity index (χ2n) is 11.4. The van der Waals surface area contributed by atoms with Gasteiger partial charge in [-0.25, -0.2) is 19.3 Å². The number of ether oxygens (including phenoxy) is 1. The van der Waals surface area contributed by atoms with E-state index in [2.05, 4.69) is 35.3 Å². The van der Waals surface area contributed by atoms with Gasteiger partial charge in [0.2, 0.25) is 5.95 Å². The van der Waals surface area contributed by atoms with E-state index in [1.807, 2.05) is 18.3 Å². The highest BCUT2D eigenvalue weighted by molar-refractivity contribution is 5.93. The molecule has 0 saturated heterocycles. The third-order valence-corrected chi connectivity index (χ3v) is 7.87. The monoisotopic (exact) mass is 618 g/mol. The van der Waals surface area contributed by atoms with E-state index in [-0.39, 0.29) is 22.9 Å². The predicted octanol–water partition coefficient (Wildman–Crippen LogP) is 4.86. The number of allylic oxidation sites excluding steroid dienone is 1. The smallest absolute Gasteiger partial charge is 0.416 e. The van der Waals surface area contributed by atoms with Gasteiger partial charge in [-0.2, -0.15) is 18.4 Å². The first-order chi connectivity index (χ1) is 21.3. The molecule has 1 N–H and O–H groups in total. The van der Waals surface area contributed by atoms with E-state index in [4.69, 9.17) is 4.74 Å². The largest absolute Gasteiger partial charge is 0.466 e. The van der Waals surface area contributed by atoms with Crippen molar-refractivity contribution in [3.05, 3.63) is 117 Å². The molecule has 0 amide bonds. The molecule has 4 aromatic rings. The van der Waals surface area contributed by atoms with Crippen molar-refractivity contribution in [3.63, 3.8) is 0 Å². The molecule has 1 unspecified atom stereocenters. The van der Waals surface area contributed by atoms with Crippen LogP contribution in [-0.4, -0.2) is 58.0 Å². The third-order valence-electron chi connectivity index (χ3n) is 7.87. The zero-order valence-electron chi connectivity index (χ0n) is 25.1. The van der Waals surface area contributed by atoms with E-state index < -0.39 is 29.4 Å². The number of nitriles is 1. The van der Waals surface area contributed by atoms with Crippen molar-refractivity contribution in [2.75, 3.05) is 32.6 Å². The molecule has 0 aliphatic carbocycles. The summed E-state index contributed by atoms with van der Waals surface area (Å²) in [6, 6.07) is 14.6. The van der Waals surface area contributed by atoms with Crippen molar-refractivity contribution in [2.45, 2.75) is 32.1 Å². The number of anilines is 2. The number of fused-ring (bicyclic) bond motifs is 1. The van der Waals surface area contributed by atoms with Crippen molar-refractivity contribution in [1.82, 2.24) is 19.7 Å². The zero-order chi connectivity index (χ0) is 32.5. The maximum absolute atomic E-state index is 13.7. The van der Waals surface area contributed by atoms with E-state index >= 15 is 0 Å². The molecule has 5 rings (SSSR count). The molecule has 0 fully saturated rings. The Hall–Kier alpha value is -5.22. The summed E-state index contributed by atoms with van der Waals surface area (Å²) in [6.45, 7) is 2.89. The Morgan fingerprint density at radius 2 is 1.93 bits per heavy atom. The first kappa shape index (κ1) is 31.2. The minimum Gasteiger partial charge on any atom is -0.466 e. The lowest BCUT2D eigenvalue weighted by Gasteiger charge is -2.36. The number of hydrogen-bond acceptors (Lipinski definition) is 7. The Morgan fingerprint density at radius 3 is 2.60 bits per heavy atom. The number of rotatable bonds is 8. The minimum atomic E-state index is -4.62. The topological polar surface area (TPSA) is 117 Å². The van der Waals surface area contributed by atoms with Crippen molar-refractivity contribution in [3.8, 4) is 6.07 Å². The quantitative estimate of drug-likeness (QED) is 0.221. The van der Waals surface area contributed by atoms with Gasteiger partial charge in [-0.15, -0.1) is 5.10 Å². The molecule has 2 aromatic heterocycles. The average molecular weight is 619 g/mol. The average Bonchev–Trinajstić information content (AvgIpc) is 3.39. The van der Waals surface area contributed by atoms with Crippen LogP contribution in [0.15, 0.2) is 83.1 Å². The summed E-state index contributed by atoms with van der Waals surface area (Å²) in [6.07, 6.45) is -0.630. The third kappa shape index (κ3) is 6.23. The number of benzene rings is 2. The van der Waals surface area contributed by atoms with Gasteiger partial charge in [-0.05, 0) is 54.4 Å². The van der Waals surface area contributed by atoms with E-state index in [0.717, 1.165) is 23.3 Å². The van der Waals surface area contributed by atoms with Crippen LogP contribution >= 0.6 is 0 Å². The van der Waals surface area contributed by atoms with Crippen LogP contribution in [0.4, 0.5) is 24.8 Å². The molecule has 0 radical (unpaired) electrons.